The Kier molecular flexibility index (Phi) is 4.60. The fraction of sp³-hybridized carbons (Fsp3) is 0.286. The first kappa shape index (κ1) is 17.9. The molecule has 6 heteroatoms. The van der Waals surface area contributed by atoms with Crippen molar-refractivity contribution in [2.75, 3.05) is 11.4 Å². The molecule has 1 unspecified atom stereocenters. The predicted molar refractivity (Wildman–Crippen MR) is 108 cm³/mol. The summed E-state index contributed by atoms with van der Waals surface area (Å²) in [7, 11) is 0. The highest BCUT2D eigenvalue weighted by molar-refractivity contribution is 9.10. The summed E-state index contributed by atoms with van der Waals surface area (Å²) in [5.41, 5.74) is 5.31. The van der Waals surface area contributed by atoms with E-state index >= 15 is 0 Å². The number of carbonyl (C=O) groups is 1. The summed E-state index contributed by atoms with van der Waals surface area (Å²) in [6.07, 6.45) is 0.382. The Hall–Kier alpha value is -2.47. The van der Waals surface area contributed by atoms with E-state index in [0.717, 1.165) is 26.9 Å². The van der Waals surface area contributed by atoms with Gasteiger partial charge in [0.1, 0.15) is 0 Å². The summed E-state index contributed by atoms with van der Waals surface area (Å²) in [5.74, 6) is 1.06. The van der Waals surface area contributed by atoms with Crippen molar-refractivity contribution in [2.24, 2.45) is 0 Å². The average Bonchev–Trinajstić information content (AvgIpc) is 3.22. The first-order valence-electron chi connectivity index (χ1n) is 8.90. The van der Waals surface area contributed by atoms with Gasteiger partial charge in [0.05, 0.1) is 5.92 Å². The fourth-order valence-corrected chi connectivity index (χ4v) is 4.23. The van der Waals surface area contributed by atoms with Crippen LogP contribution in [0.1, 0.15) is 34.9 Å². The number of anilines is 1. The topological polar surface area (TPSA) is 59.2 Å². The summed E-state index contributed by atoms with van der Waals surface area (Å²) >= 11 is 3.46. The molecule has 0 bridgehead atoms. The molecule has 2 aromatic carbocycles. The first-order valence-corrected chi connectivity index (χ1v) is 9.69. The number of nitrogens with zero attached hydrogens (tertiary/aromatic N) is 3. The lowest BCUT2D eigenvalue weighted by Crippen LogP contribution is -2.26. The molecule has 0 saturated carbocycles. The maximum absolute atomic E-state index is 12.7. The minimum Gasteiger partial charge on any atom is -0.339 e. The zero-order valence-electron chi connectivity index (χ0n) is 15.5. The van der Waals surface area contributed by atoms with Crippen LogP contribution >= 0.6 is 15.9 Å². The molecule has 1 atom stereocenters. The van der Waals surface area contributed by atoms with Crippen LogP contribution in [0.2, 0.25) is 0 Å². The summed E-state index contributed by atoms with van der Waals surface area (Å²) in [6, 6.07) is 12.0. The third-order valence-corrected chi connectivity index (χ3v) is 5.40. The minimum absolute atomic E-state index is 0.0917. The molecule has 1 saturated heterocycles. The molecule has 1 amide bonds. The van der Waals surface area contributed by atoms with Gasteiger partial charge in [-0.15, -0.1) is 0 Å². The predicted octanol–water partition coefficient (Wildman–Crippen LogP) is 4.94. The van der Waals surface area contributed by atoms with Gasteiger partial charge in [0, 0.05) is 28.7 Å². The van der Waals surface area contributed by atoms with Crippen molar-refractivity contribution in [1.29, 1.82) is 0 Å². The van der Waals surface area contributed by atoms with Gasteiger partial charge in [-0.25, -0.2) is 0 Å². The Morgan fingerprint density at radius 1 is 1.15 bits per heavy atom. The molecule has 3 aromatic rings. The molecular formula is C21H20BrN3O2. The number of halogens is 1. The Bertz CT molecular complexity index is 1000. The Morgan fingerprint density at radius 2 is 1.89 bits per heavy atom. The van der Waals surface area contributed by atoms with E-state index < -0.39 is 0 Å². The molecule has 0 N–H and O–H groups in total. The summed E-state index contributed by atoms with van der Waals surface area (Å²) in [4.78, 5) is 19.1. The number of amides is 1. The van der Waals surface area contributed by atoms with E-state index in [1.54, 1.807) is 0 Å². The molecule has 1 aromatic heterocycles. The first-order chi connectivity index (χ1) is 12.9. The van der Waals surface area contributed by atoms with Crippen molar-refractivity contribution in [3.05, 3.63) is 63.5 Å². The Labute approximate surface area is 166 Å². The number of carbonyl (C=O) groups excluding carboxylic acids is 1. The third-order valence-electron chi connectivity index (χ3n) is 4.90. The van der Waals surface area contributed by atoms with Gasteiger partial charge >= 0.3 is 0 Å². The smallest absolute Gasteiger partial charge is 0.232 e. The average molecular weight is 426 g/mol. The summed E-state index contributed by atoms with van der Waals surface area (Å²) < 4.78 is 6.46. The standard InChI is InChI=1S/C21H20BrN3O2/c1-12-7-13(2)19(14(3)8-12)25-11-16(10-18(25)26)21-23-20(24-27-21)15-5-4-6-17(22)9-15/h4-9,16H,10-11H2,1-3H3. The van der Waals surface area contributed by atoms with Crippen molar-refractivity contribution in [2.45, 2.75) is 33.1 Å². The van der Waals surface area contributed by atoms with Crippen LogP contribution in [0.25, 0.3) is 11.4 Å². The Morgan fingerprint density at radius 3 is 2.59 bits per heavy atom. The van der Waals surface area contributed by atoms with Crippen molar-refractivity contribution in [3.63, 3.8) is 0 Å². The second-order valence-electron chi connectivity index (χ2n) is 7.12. The minimum atomic E-state index is -0.0917. The number of benzene rings is 2. The van der Waals surface area contributed by atoms with Crippen LogP contribution in [-0.2, 0) is 4.79 Å². The normalized spacial score (nSPS) is 17.0. The highest BCUT2D eigenvalue weighted by atomic mass is 79.9. The zero-order chi connectivity index (χ0) is 19.1. The fourth-order valence-electron chi connectivity index (χ4n) is 3.83. The van der Waals surface area contributed by atoms with Gasteiger partial charge < -0.3 is 9.42 Å². The van der Waals surface area contributed by atoms with Crippen LogP contribution in [0.3, 0.4) is 0 Å². The SMILES string of the molecule is Cc1cc(C)c(N2CC(c3nc(-c4cccc(Br)c4)no3)CC2=O)c(C)c1. The van der Waals surface area contributed by atoms with Crippen LogP contribution in [0.15, 0.2) is 45.4 Å². The molecule has 1 aliphatic heterocycles. The maximum atomic E-state index is 12.7. The molecule has 2 heterocycles. The van der Waals surface area contributed by atoms with Crippen LogP contribution in [-0.4, -0.2) is 22.6 Å². The maximum Gasteiger partial charge on any atom is 0.232 e. The van der Waals surface area contributed by atoms with Crippen LogP contribution < -0.4 is 4.90 Å². The lowest BCUT2D eigenvalue weighted by molar-refractivity contribution is -0.117. The van der Waals surface area contributed by atoms with Gasteiger partial charge in [0.2, 0.25) is 17.6 Å². The second-order valence-corrected chi connectivity index (χ2v) is 8.03. The molecule has 5 nitrogen and oxygen atoms in total. The monoisotopic (exact) mass is 425 g/mol. The summed E-state index contributed by atoms with van der Waals surface area (Å²) in [5, 5.41) is 4.10. The van der Waals surface area contributed by atoms with Crippen molar-refractivity contribution < 1.29 is 9.32 Å². The van der Waals surface area contributed by atoms with Gasteiger partial charge in [0.25, 0.3) is 0 Å². The lowest BCUT2D eigenvalue weighted by Gasteiger charge is -2.21. The van der Waals surface area contributed by atoms with E-state index in [1.165, 1.54) is 5.56 Å². The van der Waals surface area contributed by atoms with Gasteiger partial charge in [0.15, 0.2) is 0 Å². The van der Waals surface area contributed by atoms with E-state index in [-0.39, 0.29) is 11.8 Å². The van der Waals surface area contributed by atoms with Crippen LogP contribution in [0, 0.1) is 20.8 Å². The van der Waals surface area contributed by atoms with Crippen LogP contribution in [0.4, 0.5) is 5.69 Å². The quantitative estimate of drug-likeness (QED) is 0.595. The molecule has 1 aliphatic rings. The van der Waals surface area contributed by atoms with E-state index in [4.69, 9.17) is 4.52 Å². The molecule has 4 rings (SSSR count). The number of hydrogen-bond acceptors (Lipinski definition) is 4. The number of aryl methyl sites for hydroxylation is 3. The highest BCUT2D eigenvalue weighted by Gasteiger charge is 2.36. The van der Waals surface area contributed by atoms with Gasteiger partial charge in [-0.1, -0.05) is 50.9 Å². The molecular weight excluding hydrogens is 406 g/mol. The molecule has 27 heavy (non-hydrogen) atoms. The van der Waals surface area contributed by atoms with Crippen LogP contribution in [0.5, 0.6) is 0 Å². The molecule has 1 fully saturated rings. The van der Waals surface area contributed by atoms with Crippen molar-refractivity contribution in [3.8, 4) is 11.4 Å². The van der Waals surface area contributed by atoms with Gasteiger partial charge in [-0.2, -0.15) is 4.98 Å². The van der Waals surface area contributed by atoms with Gasteiger partial charge in [-0.05, 0) is 44.0 Å². The van der Waals surface area contributed by atoms with Crippen molar-refractivity contribution in [1.82, 2.24) is 10.1 Å². The summed E-state index contributed by atoms with van der Waals surface area (Å²) in [6.45, 7) is 6.73. The molecule has 0 radical (unpaired) electrons. The number of hydrogen-bond donors (Lipinski definition) is 0. The van der Waals surface area contributed by atoms with Crippen molar-refractivity contribution >= 4 is 27.5 Å². The third kappa shape index (κ3) is 3.41. The van der Waals surface area contributed by atoms with E-state index in [0.29, 0.717) is 24.7 Å². The molecule has 138 valence electrons. The molecule has 0 aliphatic carbocycles. The van der Waals surface area contributed by atoms with E-state index in [2.05, 4.69) is 45.1 Å². The zero-order valence-corrected chi connectivity index (χ0v) is 17.1. The lowest BCUT2D eigenvalue weighted by atomic mass is 10.0. The highest BCUT2D eigenvalue weighted by Crippen LogP contribution is 2.35. The van der Waals surface area contributed by atoms with E-state index in [9.17, 15) is 4.79 Å². The Balaban J connectivity index is 1.60. The number of aromatic nitrogens is 2. The number of rotatable bonds is 3. The second kappa shape index (κ2) is 6.93. The largest absolute Gasteiger partial charge is 0.339 e. The van der Waals surface area contributed by atoms with E-state index in [1.807, 2.05) is 43.0 Å². The molecule has 0 spiro atoms. The van der Waals surface area contributed by atoms with Gasteiger partial charge in [-0.3, -0.25) is 4.79 Å².